The molecule has 2 rings (SSSR count). The zero-order chi connectivity index (χ0) is 16.2. The molecule has 128 valence electrons. The number of rotatable bonds is 8. The van der Waals surface area contributed by atoms with Crippen LogP contribution in [0.5, 0.6) is 0 Å². The third-order valence-electron chi connectivity index (χ3n) is 4.66. The lowest BCUT2D eigenvalue weighted by atomic mass is 9.85. The first-order valence-electron chi connectivity index (χ1n) is 8.21. The van der Waals surface area contributed by atoms with Gasteiger partial charge in [0, 0.05) is 38.3 Å². The Morgan fingerprint density at radius 3 is 2.45 bits per heavy atom. The van der Waals surface area contributed by atoms with Crippen LogP contribution in [-0.4, -0.2) is 56.7 Å². The number of hydrogen-bond donors (Lipinski definition) is 1. The van der Waals surface area contributed by atoms with Gasteiger partial charge in [-0.15, -0.1) is 0 Å². The molecule has 2 aliphatic rings. The Kier molecular flexibility index (Phi) is 5.85. The molecule has 1 saturated carbocycles. The van der Waals surface area contributed by atoms with Crippen LogP contribution in [0.1, 0.15) is 45.4 Å². The summed E-state index contributed by atoms with van der Waals surface area (Å²) in [6.45, 7) is 3.42. The molecule has 0 unspecified atom stereocenters. The van der Waals surface area contributed by atoms with Crippen molar-refractivity contribution in [1.29, 1.82) is 0 Å². The first-order chi connectivity index (χ1) is 10.4. The van der Waals surface area contributed by atoms with Crippen LogP contribution in [-0.2, 0) is 19.6 Å². The summed E-state index contributed by atoms with van der Waals surface area (Å²) in [4.78, 5) is 12.1. The van der Waals surface area contributed by atoms with Gasteiger partial charge in [-0.3, -0.25) is 4.79 Å². The van der Waals surface area contributed by atoms with Crippen LogP contribution in [0, 0.1) is 5.92 Å². The lowest BCUT2D eigenvalue weighted by molar-refractivity contribution is -0.125. The molecule has 22 heavy (non-hydrogen) atoms. The van der Waals surface area contributed by atoms with Gasteiger partial charge in [0.1, 0.15) is 0 Å². The minimum Gasteiger partial charge on any atom is -0.385 e. The highest BCUT2D eigenvalue weighted by Gasteiger charge is 2.41. The van der Waals surface area contributed by atoms with Gasteiger partial charge in [-0.2, -0.15) is 0 Å². The highest BCUT2D eigenvalue weighted by molar-refractivity contribution is 7.89. The van der Waals surface area contributed by atoms with Crippen molar-refractivity contribution in [2.75, 3.05) is 32.6 Å². The minimum atomic E-state index is -3.15. The number of methoxy groups -OCH3 is 1. The summed E-state index contributed by atoms with van der Waals surface area (Å²) in [6, 6.07) is 0. The second-order valence-electron chi connectivity index (χ2n) is 6.50. The number of carbonyl (C=O) groups is 1. The molecule has 1 N–H and O–H groups in total. The van der Waals surface area contributed by atoms with Gasteiger partial charge in [-0.25, -0.2) is 12.7 Å². The van der Waals surface area contributed by atoms with E-state index in [0.29, 0.717) is 39.0 Å². The third kappa shape index (κ3) is 4.43. The fraction of sp³-hybridized carbons (Fsp3) is 0.933. The molecule has 1 amide bonds. The summed E-state index contributed by atoms with van der Waals surface area (Å²) in [5, 5.41) is 3.19. The smallest absolute Gasteiger partial charge is 0.223 e. The van der Waals surface area contributed by atoms with Crippen LogP contribution in [0.15, 0.2) is 0 Å². The van der Waals surface area contributed by atoms with Gasteiger partial charge in [-0.05, 0) is 38.5 Å². The quantitative estimate of drug-likeness (QED) is 0.723. The van der Waals surface area contributed by atoms with Crippen molar-refractivity contribution < 1.29 is 17.9 Å². The van der Waals surface area contributed by atoms with Crippen LogP contribution in [0.2, 0.25) is 0 Å². The van der Waals surface area contributed by atoms with Crippen LogP contribution < -0.4 is 5.32 Å². The van der Waals surface area contributed by atoms with Crippen molar-refractivity contribution >= 4 is 15.9 Å². The highest BCUT2D eigenvalue weighted by Crippen LogP contribution is 2.33. The Hall–Kier alpha value is -0.660. The number of nitrogens with zero attached hydrogens (tertiary/aromatic N) is 1. The van der Waals surface area contributed by atoms with E-state index >= 15 is 0 Å². The first-order valence-corrected chi connectivity index (χ1v) is 9.82. The molecule has 1 heterocycles. The molecule has 0 radical (unpaired) electrons. The Balaban J connectivity index is 1.98. The molecule has 0 aromatic heterocycles. The molecular weight excluding hydrogens is 304 g/mol. The topological polar surface area (TPSA) is 75.7 Å². The molecule has 0 aromatic carbocycles. The van der Waals surface area contributed by atoms with Crippen LogP contribution in [0.3, 0.4) is 0 Å². The van der Waals surface area contributed by atoms with Gasteiger partial charge in [0.25, 0.3) is 0 Å². The lowest BCUT2D eigenvalue weighted by Crippen LogP contribution is -2.57. The van der Waals surface area contributed by atoms with Crippen molar-refractivity contribution in [3.05, 3.63) is 0 Å². The number of piperidine rings is 1. The molecule has 1 aliphatic carbocycles. The second-order valence-corrected chi connectivity index (χ2v) is 8.59. The van der Waals surface area contributed by atoms with E-state index in [0.717, 1.165) is 19.3 Å². The molecule has 0 aromatic rings. The first kappa shape index (κ1) is 17.7. The predicted molar refractivity (Wildman–Crippen MR) is 85.0 cm³/mol. The minimum absolute atomic E-state index is 0.126. The van der Waals surface area contributed by atoms with Crippen LogP contribution in [0.25, 0.3) is 0 Å². The zero-order valence-corrected chi connectivity index (χ0v) is 14.5. The molecule has 0 atom stereocenters. The number of sulfonamides is 1. The van der Waals surface area contributed by atoms with Crippen molar-refractivity contribution in [3.63, 3.8) is 0 Å². The van der Waals surface area contributed by atoms with Gasteiger partial charge in [0.2, 0.25) is 15.9 Å². The fourth-order valence-corrected chi connectivity index (χ4v) is 4.54. The number of amides is 1. The van der Waals surface area contributed by atoms with Crippen LogP contribution >= 0.6 is 0 Å². The van der Waals surface area contributed by atoms with E-state index in [1.807, 2.05) is 6.92 Å². The average molecular weight is 332 g/mol. The van der Waals surface area contributed by atoms with Gasteiger partial charge < -0.3 is 10.1 Å². The maximum absolute atomic E-state index is 12.2. The van der Waals surface area contributed by atoms with Crippen molar-refractivity contribution in [2.45, 2.75) is 51.0 Å². The molecule has 6 nitrogen and oxygen atoms in total. The summed E-state index contributed by atoms with van der Waals surface area (Å²) in [5.74, 6) is 0.495. The lowest BCUT2D eigenvalue weighted by Gasteiger charge is -2.42. The number of carbonyl (C=O) groups excluding carboxylic acids is 1. The number of hydrogen-bond acceptors (Lipinski definition) is 4. The summed E-state index contributed by atoms with van der Waals surface area (Å²) in [5.41, 5.74) is -0.312. The summed E-state index contributed by atoms with van der Waals surface area (Å²) < 4.78 is 31.1. The Labute approximate surface area is 133 Å². The summed E-state index contributed by atoms with van der Waals surface area (Å²) >= 11 is 0. The maximum Gasteiger partial charge on any atom is 0.223 e. The maximum atomic E-state index is 12.2. The molecule has 2 fully saturated rings. The van der Waals surface area contributed by atoms with E-state index in [-0.39, 0.29) is 23.1 Å². The number of nitrogens with one attached hydrogen (secondary N) is 1. The number of ether oxygens (including phenoxy) is 1. The molecule has 1 saturated heterocycles. The highest BCUT2D eigenvalue weighted by atomic mass is 32.2. The molecule has 0 spiro atoms. The van der Waals surface area contributed by atoms with Crippen molar-refractivity contribution in [1.82, 2.24) is 9.62 Å². The molecule has 7 heteroatoms. The van der Waals surface area contributed by atoms with E-state index in [2.05, 4.69) is 5.32 Å². The molecule has 1 aliphatic heterocycles. The normalized spacial score (nSPS) is 22.5. The largest absolute Gasteiger partial charge is 0.385 e. The van der Waals surface area contributed by atoms with Crippen molar-refractivity contribution in [3.8, 4) is 0 Å². The monoisotopic (exact) mass is 332 g/mol. The van der Waals surface area contributed by atoms with E-state index < -0.39 is 10.0 Å². The fourth-order valence-electron chi connectivity index (χ4n) is 3.02. The predicted octanol–water partition coefficient (Wildman–Crippen LogP) is 1.12. The second kappa shape index (κ2) is 7.27. The molecule has 0 bridgehead atoms. The van der Waals surface area contributed by atoms with Gasteiger partial charge in [0.05, 0.1) is 5.75 Å². The van der Waals surface area contributed by atoms with Crippen molar-refractivity contribution in [2.24, 2.45) is 5.92 Å². The summed E-state index contributed by atoms with van der Waals surface area (Å²) in [6.07, 6.45) is 4.65. The average Bonchev–Trinajstić information content (AvgIpc) is 3.30. The van der Waals surface area contributed by atoms with Crippen LogP contribution in [0.4, 0.5) is 0 Å². The Bertz CT molecular complexity index is 480. The van der Waals surface area contributed by atoms with E-state index in [9.17, 15) is 13.2 Å². The summed E-state index contributed by atoms with van der Waals surface area (Å²) in [7, 11) is -1.50. The van der Waals surface area contributed by atoms with E-state index in [1.54, 1.807) is 11.4 Å². The van der Waals surface area contributed by atoms with E-state index in [1.165, 1.54) is 0 Å². The van der Waals surface area contributed by atoms with Gasteiger partial charge in [0.15, 0.2) is 0 Å². The SMILES string of the molecule is CCCS(=O)(=O)N1CCC(CCOC)(NC(=O)C2CC2)CC1. The standard InChI is InChI=1S/C15H28N2O4S/c1-3-12-22(19,20)17-9-6-15(7-10-17,8-11-21-2)16-14(18)13-4-5-13/h13H,3-12H2,1-2H3,(H,16,18). The van der Waals surface area contributed by atoms with E-state index in [4.69, 9.17) is 4.74 Å². The molecular formula is C15H28N2O4S. The third-order valence-corrected chi connectivity index (χ3v) is 6.73. The Morgan fingerprint density at radius 1 is 1.32 bits per heavy atom. The zero-order valence-electron chi connectivity index (χ0n) is 13.6. The van der Waals surface area contributed by atoms with Gasteiger partial charge in [-0.1, -0.05) is 6.92 Å². The Morgan fingerprint density at radius 2 is 1.95 bits per heavy atom. The van der Waals surface area contributed by atoms with Gasteiger partial charge >= 0.3 is 0 Å².